The van der Waals surface area contributed by atoms with Crippen molar-refractivity contribution in [3.63, 3.8) is 0 Å². The fourth-order valence-corrected chi connectivity index (χ4v) is 3.94. The van der Waals surface area contributed by atoms with Crippen molar-refractivity contribution < 1.29 is 24.2 Å². The van der Waals surface area contributed by atoms with Crippen LogP contribution in [0.4, 0.5) is 0 Å². The minimum atomic E-state index is -0.833. The fraction of sp³-hybridized carbons (Fsp3) is 0.442. The Kier molecular flexibility index (Phi) is 34.4. The highest BCUT2D eigenvalue weighted by Gasteiger charge is 2.15. The average Bonchev–Trinajstić information content (AvgIpc) is 3.09. The van der Waals surface area contributed by atoms with Crippen molar-refractivity contribution >= 4 is 11.9 Å². The zero-order valence-corrected chi connectivity index (χ0v) is 29.7. The Morgan fingerprint density at radius 2 is 0.938 bits per heavy atom. The Balaban J connectivity index is 3.85. The van der Waals surface area contributed by atoms with Crippen LogP contribution in [0.3, 0.4) is 0 Å². The second-order valence-electron chi connectivity index (χ2n) is 10.9. The van der Waals surface area contributed by atoms with E-state index >= 15 is 0 Å². The molecule has 0 aromatic rings. The Hall–Kier alpha value is -3.96. The Labute approximate surface area is 292 Å². The van der Waals surface area contributed by atoms with Gasteiger partial charge in [0, 0.05) is 12.8 Å². The number of hydrogen-bond donors (Lipinski definition) is 1. The molecule has 1 unspecified atom stereocenters. The predicted molar refractivity (Wildman–Crippen MR) is 204 cm³/mol. The highest BCUT2D eigenvalue weighted by molar-refractivity contribution is 5.70. The maximum absolute atomic E-state index is 12.1. The molecule has 0 saturated heterocycles. The maximum atomic E-state index is 12.1. The monoisotopic (exact) mass is 658 g/mol. The van der Waals surface area contributed by atoms with Gasteiger partial charge in [-0.3, -0.25) is 9.59 Å². The molecule has 0 rings (SSSR count). The van der Waals surface area contributed by atoms with Gasteiger partial charge in [-0.1, -0.05) is 148 Å². The Morgan fingerprint density at radius 1 is 0.500 bits per heavy atom. The smallest absolute Gasteiger partial charge is 0.306 e. The minimum absolute atomic E-state index is 0.132. The lowest BCUT2D eigenvalue weighted by molar-refractivity contribution is -0.161. The van der Waals surface area contributed by atoms with Gasteiger partial charge in [0.15, 0.2) is 6.10 Å². The lowest BCUT2D eigenvalue weighted by Gasteiger charge is -2.15. The van der Waals surface area contributed by atoms with Crippen LogP contribution < -0.4 is 0 Å². The van der Waals surface area contributed by atoms with Gasteiger partial charge in [-0.15, -0.1) is 0 Å². The SMILES string of the molecule is CC/C=C/C=C/C=C/C=C/C=C/CCCC(=O)OCC(CO)OC(=O)CCCC/C=C/C/C=C/C/C=C/C/C=C/C/C=C/C/C=C/CC. The van der Waals surface area contributed by atoms with Gasteiger partial charge in [0.1, 0.15) is 6.61 Å². The van der Waals surface area contributed by atoms with Crippen LogP contribution in [0.25, 0.3) is 0 Å². The van der Waals surface area contributed by atoms with Crippen molar-refractivity contribution in [2.75, 3.05) is 13.2 Å². The molecule has 0 aliphatic rings. The van der Waals surface area contributed by atoms with Gasteiger partial charge in [-0.2, -0.15) is 0 Å². The molecular weight excluding hydrogens is 596 g/mol. The quantitative estimate of drug-likeness (QED) is 0.0375. The van der Waals surface area contributed by atoms with Crippen molar-refractivity contribution in [2.24, 2.45) is 0 Å². The van der Waals surface area contributed by atoms with E-state index in [2.05, 4.69) is 92.8 Å². The third-order valence-corrected chi connectivity index (χ3v) is 6.57. The van der Waals surface area contributed by atoms with E-state index in [9.17, 15) is 14.7 Å². The molecule has 0 aromatic carbocycles. The number of aliphatic hydroxyl groups excluding tert-OH is 1. The number of unbranched alkanes of at least 4 members (excludes halogenated alkanes) is 3. The number of esters is 2. The molecule has 0 aromatic heterocycles. The standard InChI is InChI=1S/C43H62O5/c1-3-5-7-9-11-13-15-17-18-19-20-21-22-23-24-26-28-30-32-34-36-38-43(46)48-41(39-44)40-47-42(45)37-35-33-31-29-27-25-16-14-12-10-8-6-4-2/h5-8,10-14,16-18,20-21,23-25,27-31,41,44H,3-4,9,15,19,22,26,32-40H2,1-2H3/b7-5+,8-6+,12-10+,13-11+,16-14+,18-17+,21-20+,24-23+,27-25+,30-28+,31-29+. The van der Waals surface area contributed by atoms with E-state index in [1.807, 2.05) is 54.7 Å². The highest BCUT2D eigenvalue weighted by atomic mass is 16.6. The van der Waals surface area contributed by atoms with Crippen molar-refractivity contribution in [3.05, 3.63) is 134 Å². The largest absolute Gasteiger partial charge is 0.462 e. The summed E-state index contributed by atoms with van der Waals surface area (Å²) in [5.41, 5.74) is 0. The molecule has 0 spiro atoms. The van der Waals surface area contributed by atoms with Crippen LogP contribution in [-0.2, 0) is 19.1 Å². The molecule has 5 nitrogen and oxygen atoms in total. The molecular formula is C43H62O5. The third-order valence-electron chi connectivity index (χ3n) is 6.57. The molecule has 1 N–H and O–H groups in total. The number of allylic oxidation sites excluding steroid dienone is 22. The van der Waals surface area contributed by atoms with Crippen LogP contribution in [0.5, 0.6) is 0 Å². The van der Waals surface area contributed by atoms with E-state index in [1.165, 1.54) is 0 Å². The summed E-state index contributed by atoms with van der Waals surface area (Å²) in [6, 6.07) is 0. The topological polar surface area (TPSA) is 72.8 Å². The summed E-state index contributed by atoms with van der Waals surface area (Å²) in [5, 5.41) is 9.51. The van der Waals surface area contributed by atoms with Crippen LogP contribution in [0.2, 0.25) is 0 Å². The number of carbonyl (C=O) groups is 2. The maximum Gasteiger partial charge on any atom is 0.306 e. The second kappa shape index (κ2) is 37.5. The van der Waals surface area contributed by atoms with Gasteiger partial charge >= 0.3 is 11.9 Å². The van der Waals surface area contributed by atoms with E-state index in [4.69, 9.17) is 9.47 Å². The molecule has 0 amide bonds. The first-order valence-electron chi connectivity index (χ1n) is 17.8. The number of hydrogen-bond acceptors (Lipinski definition) is 5. The third kappa shape index (κ3) is 34.9. The summed E-state index contributed by atoms with van der Waals surface area (Å²) in [7, 11) is 0. The first kappa shape index (κ1) is 44.0. The molecule has 48 heavy (non-hydrogen) atoms. The number of rotatable bonds is 29. The van der Waals surface area contributed by atoms with Crippen molar-refractivity contribution in [1.29, 1.82) is 0 Å². The lowest BCUT2D eigenvalue weighted by atomic mass is 10.2. The van der Waals surface area contributed by atoms with Gasteiger partial charge in [-0.25, -0.2) is 0 Å². The van der Waals surface area contributed by atoms with E-state index < -0.39 is 6.10 Å². The molecule has 0 saturated carbocycles. The zero-order valence-electron chi connectivity index (χ0n) is 29.7. The first-order chi connectivity index (χ1) is 23.6. The number of ether oxygens (including phenoxy) is 2. The molecule has 0 fully saturated rings. The van der Waals surface area contributed by atoms with Gasteiger partial charge < -0.3 is 14.6 Å². The summed E-state index contributed by atoms with van der Waals surface area (Å²) in [6.07, 6.45) is 56.6. The van der Waals surface area contributed by atoms with Gasteiger partial charge in [0.2, 0.25) is 0 Å². The zero-order chi connectivity index (χ0) is 35.0. The molecule has 1 atom stereocenters. The molecule has 0 radical (unpaired) electrons. The summed E-state index contributed by atoms with van der Waals surface area (Å²) in [4.78, 5) is 24.1. The lowest BCUT2D eigenvalue weighted by Crippen LogP contribution is -2.28. The molecule has 0 aliphatic heterocycles. The average molecular weight is 659 g/mol. The van der Waals surface area contributed by atoms with E-state index in [1.54, 1.807) is 0 Å². The van der Waals surface area contributed by atoms with Gasteiger partial charge in [-0.05, 0) is 77.0 Å². The molecule has 0 heterocycles. The van der Waals surface area contributed by atoms with Crippen molar-refractivity contribution in [2.45, 2.75) is 110 Å². The first-order valence-corrected chi connectivity index (χ1v) is 17.8. The summed E-state index contributed by atoms with van der Waals surface area (Å²) >= 11 is 0. The minimum Gasteiger partial charge on any atom is -0.462 e. The van der Waals surface area contributed by atoms with Crippen LogP contribution in [-0.4, -0.2) is 36.4 Å². The van der Waals surface area contributed by atoms with Crippen LogP contribution >= 0.6 is 0 Å². The Bertz CT molecular complexity index is 1110. The molecule has 264 valence electrons. The van der Waals surface area contributed by atoms with Crippen LogP contribution in [0, 0.1) is 0 Å². The van der Waals surface area contributed by atoms with Crippen LogP contribution in [0.1, 0.15) is 104 Å². The second-order valence-corrected chi connectivity index (χ2v) is 10.9. The summed E-state index contributed by atoms with van der Waals surface area (Å²) in [6.45, 7) is 3.73. The van der Waals surface area contributed by atoms with Gasteiger partial charge in [0.25, 0.3) is 0 Å². The van der Waals surface area contributed by atoms with Crippen molar-refractivity contribution in [1.82, 2.24) is 0 Å². The van der Waals surface area contributed by atoms with Crippen LogP contribution in [0.15, 0.2) is 134 Å². The Morgan fingerprint density at radius 3 is 1.46 bits per heavy atom. The summed E-state index contributed by atoms with van der Waals surface area (Å²) < 4.78 is 10.5. The van der Waals surface area contributed by atoms with E-state index in [-0.39, 0.29) is 38.0 Å². The number of carbonyl (C=O) groups excluding carboxylic acids is 2. The van der Waals surface area contributed by atoms with Gasteiger partial charge in [0.05, 0.1) is 6.61 Å². The van der Waals surface area contributed by atoms with E-state index in [0.717, 1.165) is 64.2 Å². The molecule has 0 aliphatic carbocycles. The number of aliphatic hydroxyl groups is 1. The predicted octanol–water partition coefficient (Wildman–Crippen LogP) is 11.1. The normalized spacial score (nSPS) is 13.8. The summed E-state index contributed by atoms with van der Waals surface area (Å²) in [5.74, 6) is -0.748. The highest BCUT2D eigenvalue weighted by Crippen LogP contribution is 2.06. The van der Waals surface area contributed by atoms with Crippen molar-refractivity contribution in [3.8, 4) is 0 Å². The molecule has 5 heteroatoms. The van der Waals surface area contributed by atoms with E-state index in [0.29, 0.717) is 12.8 Å². The molecule has 0 bridgehead atoms. The fourth-order valence-electron chi connectivity index (χ4n) is 3.94.